The first-order chi connectivity index (χ1) is 13.0. The highest BCUT2D eigenvalue weighted by molar-refractivity contribution is 5.94. The van der Waals surface area contributed by atoms with E-state index in [-0.39, 0.29) is 23.0 Å². The fourth-order valence-electron chi connectivity index (χ4n) is 3.39. The van der Waals surface area contributed by atoms with Crippen molar-refractivity contribution in [2.75, 3.05) is 31.1 Å². The molecule has 6 nitrogen and oxygen atoms in total. The lowest BCUT2D eigenvalue weighted by molar-refractivity contribution is 0.0738. The van der Waals surface area contributed by atoms with Crippen molar-refractivity contribution >= 4 is 22.6 Å². The van der Waals surface area contributed by atoms with Gasteiger partial charge in [0, 0.05) is 38.9 Å². The number of hydrogen-bond donors (Lipinski definition) is 0. The van der Waals surface area contributed by atoms with Gasteiger partial charge in [-0.05, 0) is 36.4 Å². The van der Waals surface area contributed by atoms with Gasteiger partial charge in [0.1, 0.15) is 5.82 Å². The van der Waals surface area contributed by atoms with Crippen LogP contribution >= 0.6 is 0 Å². The first-order valence-corrected chi connectivity index (χ1v) is 8.80. The van der Waals surface area contributed by atoms with Crippen LogP contribution < -0.4 is 10.5 Å². The van der Waals surface area contributed by atoms with Gasteiger partial charge < -0.3 is 14.4 Å². The lowest BCUT2D eigenvalue weighted by Crippen LogP contribution is -2.50. The summed E-state index contributed by atoms with van der Waals surface area (Å²) < 4.78 is 14.5. The van der Waals surface area contributed by atoms with Crippen LogP contribution in [-0.4, -0.2) is 46.5 Å². The van der Waals surface area contributed by atoms with Gasteiger partial charge >= 0.3 is 0 Å². The van der Waals surface area contributed by atoms with E-state index in [4.69, 9.17) is 0 Å². The third-order valence-corrected chi connectivity index (χ3v) is 4.94. The number of anilines is 1. The topological polar surface area (TPSA) is 58.4 Å². The van der Waals surface area contributed by atoms with Gasteiger partial charge in [-0.3, -0.25) is 9.59 Å². The number of fused-ring (bicyclic) bond motifs is 1. The highest BCUT2D eigenvalue weighted by Gasteiger charge is 2.26. The predicted octanol–water partition coefficient (Wildman–Crippen LogP) is 2.03. The first kappa shape index (κ1) is 17.2. The number of piperazine rings is 1. The van der Waals surface area contributed by atoms with E-state index in [0.29, 0.717) is 37.2 Å². The van der Waals surface area contributed by atoms with Crippen molar-refractivity contribution in [3.8, 4) is 0 Å². The third-order valence-electron chi connectivity index (χ3n) is 4.94. The lowest BCUT2D eigenvalue weighted by atomic mass is 10.2. The zero-order valence-corrected chi connectivity index (χ0v) is 14.9. The van der Waals surface area contributed by atoms with Gasteiger partial charge in [0.15, 0.2) is 5.69 Å². The molecule has 0 radical (unpaired) electrons. The van der Waals surface area contributed by atoms with Crippen molar-refractivity contribution < 1.29 is 9.18 Å². The van der Waals surface area contributed by atoms with E-state index in [1.54, 1.807) is 36.2 Å². The van der Waals surface area contributed by atoms with Gasteiger partial charge in [0.25, 0.3) is 11.5 Å². The molecule has 0 N–H and O–H groups in total. The average molecular weight is 366 g/mol. The molecule has 7 heteroatoms. The minimum absolute atomic E-state index is 0.0496. The zero-order chi connectivity index (χ0) is 19.0. The van der Waals surface area contributed by atoms with Gasteiger partial charge in [0.2, 0.25) is 0 Å². The van der Waals surface area contributed by atoms with Gasteiger partial charge in [0.05, 0.1) is 11.0 Å². The monoisotopic (exact) mass is 366 g/mol. The summed E-state index contributed by atoms with van der Waals surface area (Å²) in [4.78, 5) is 33.5. The summed E-state index contributed by atoms with van der Waals surface area (Å²) in [6.45, 7) is 2.19. The van der Waals surface area contributed by atoms with E-state index in [1.807, 2.05) is 12.1 Å². The maximum Gasteiger partial charge on any atom is 0.282 e. The molecule has 0 spiro atoms. The molecule has 0 bridgehead atoms. The van der Waals surface area contributed by atoms with Crippen LogP contribution in [0.3, 0.4) is 0 Å². The Hall–Kier alpha value is -3.22. The number of amides is 1. The second-order valence-corrected chi connectivity index (χ2v) is 6.57. The third kappa shape index (κ3) is 3.16. The summed E-state index contributed by atoms with van der Waals surface area (Å²) in [6.07, 6.45) is 0. The molecule has 4 rings (SSSR count). The Morgan fingerprint density at radius 1 is 1.00 bits per heavy atom. The molecule has 0 aliphatic carbocycles. The Balaban J connectivity index is 1.54. The van der Waals surface area contributed by atoms with Crippen LogP contribution in [0.1, 0.15) is 10.5 Å². The smallest absolute Gasteiger partial charge is 0.282 e. The number of rotatable bonds is 2. The summed E-state index contributed by atoms with van der Waals surface area (Å²) in [5, 5.41) is 0. The quantitative estimate of drug-likeness (QED) is 0.696. The molecule has 1 aromatic heterocycles. The van der Waals surface area contributed by atoms with Crippen molar-refractivity contribution in [1.82, 2.24) is 14.5 Å². The minimum atomic E-state index is -0.389. The molecule has 2 aromatic carbocycles. The molecule has 1 amide bonds. The summed E-state index contributed by atoms with van der Waals surface area (Å²) in [7, 11) is 1.65. The fourth-order valence-corrected chi connectivity index (χ4v) is 3.39. The maximum absolute atomic E-state index is 13.1. The summed E-state index contributed by atoms with van der Waals surface area (Å²) in [6, 6.07) is 13.6. The van der Waals surface area contributed by atoms with Gasteiger partial charge in [-0.15, -0.1) is 0 Å². The van der Waals surface area contributed by atoms with Gasteiger partial charge in [-0.1, -0.05) is 12.1 Å². The SMILES string of the molecule is Cn1c(=O)c(C(=O)N2CCN(c3ccc(F)cc3)CC2)nc2ccccc21. The Bertz CT molecular complexity index is 1050. The summed E-state index contributed by atoms with van der Waals surface area (Å²) in [5.41, 5.74) is 1.79. The van der Waals surface area contributed by atoms with Crippen LogP contribution in [0.15, 0.2) is 53.3 Å². The number of aryl methyl sites for hydroxylation is 1. The van der Waals surface area contributed by atoms with E-state index < -0.39 is 0 Å². The Kier molecular flexibility index (Phi) is 4.35. The largest absolute Gasteiger partial charge is 0.368 e. The number of benzene rings is 2. The van der Waals surface area contributed by atoms with E-state index in [9.17, 15) is 14.0 Å². The van der Waals surface area contributed by atoms with Crippen molar-refractivity contribution in [3.05, 3.63) is 70.4 Å². The molecule has 138 valence electrons. The molecule has 0 unspecified atom stereocenters. The van der Waals surface area contributed by atoms with Gasteiger partial charge in [-0.2, -0.15) is 0 Å². The summed E-state index contributed by atoms with van der Waals surface area (Å²) in [5.74, 6) is -0.620. The molecule has 1 aliphatic rings. The van der Waals surface area contributed by atoms with E-state index >= 15 is 0 Å². The van der Waals surface area contributed by atoms with Crippen LogP contribution in [0.25, 0.3) is 11.0 Å². The van der Waals surface area contributed by atoms with Crippen LogP contribution in [0.2, 0.25) is 0 Å². The molecule has 3 aromatic rings. The van der Waals surface area contributed by atoms with E-state index in [0.717, 1.165) is 5.69 Å². The Labute approximate surface area is 155 Å². The molecule has 1 fully saturated rings. The van der Waals surface area contributed by atoms with Gasteiger partial charge in [-0.25, -0.2) is 9.37 Å². The van der Waals surface area contributed by atoms with Crippen molar-refractivity contribution in [2.24, 2.45) is 7.05 Å². The number of halogens is 1. The number of carbonyl (C=O) groups excluding carboxylic acids is 1. The molecular formula is C20H19FN4O2. The predicted molar refractivity (Wildman–Crippen MR) is 102 cm³/mol. The maximum atomic E-state index is 13.1. The van der Waals surface area contributed by atoms with Crippen LogP contribution in [-0.2, 0) is 7.05 Å². The molecular weight excluding hydrogens is 347 g/mol. The minimum Gasteiger partial charge on any atom is -0.368 e. The Morgan fingerprint density at radius 2 is 1.67 bits per heavy atom. The molecule has 27 heavy (non-hydrogen) atoms. The number of para-hydroxylation sites is 2. The van der Waals surface area contributed by atoms with E-state index in [2.05, 4.69) is 9.88 Å². The first-order valence-electron chi connectivity index (χ1n) is 8.80. The van der Waals surface area contributed by atoms with Crippen LogP contribution in [0.5, 0.6) is 0 Å². The number of nitrogens with zero attached hydrogens (tertiary/aromatic N) is 4. The fraction of sp³-hybridized carbons (Fsp3) is 0.250. The standard InChI is InChI=1S/C20H19FN4O2/c1-23-17-5-3-2-4-16(17)22-18(19(23)26)20(27)25-12-10-24(11-13-25)15-8-6-14(21)7-9-15/h2-9H,10-13H2,1H3. The molecule has 1 saturated heterocycles. The second-order valence-electron chi connectivity index (χ2n) is 6.57. The second kappa shape index (κ2) is 6.83. The Morgan fingerprint density at radius 3 is 2.37 bits per heavy atom. The highest BCUT2D eigenvalue weighted by atomic mass is 19.1. The summed E-state index contributed by atoms with van der Waals surface area (Å²) >= 11 is 0. The van der Waals surface area contributed by atoms with Crippen molar-refractivity contribution in [1.29, 1.82) is 0 Å². The zero-order valence-electron chi connectivity index (χ0n) is 14.9. The lowest BCUT2D eigenvalue weighted by Gasteiger charge is -2.35. The number of hydrogen-bond acceptors (Lipinski definition) is 4. The van der Waals surface area contributed by atoms with Crippen LogP contribution in [0, 0.1) is 5.82 Å². The van der Waals surface area contributed by atoms with Crippen LogP contribution in [0.4, 0.5) is 10.1 Å². The van der Waals surface area contributed by atoms with Crippen molar-refractivity contribution in [2.45, 2.75) is 0 Å². The van der Waals surface area contributed by atoms with Crippen molar-refractivity contribution in [3.63, 3.8) is 0 Å². The van der Waals surface area contributed by atoms with E-state index in [1.165, 1.54) is 16.7 Å². The highest BCUT2D eigenvalue weighted by Crippen LogP contribution is 2.18. The molecule has 0 atom stereocenters. The number of aromatic nitrogens is 2. The normalized spacial score (nSPS) is 14.6. The average Bonchev–Trinajstić information content (AvgIpc) is 2.71. The molecule has 0 saturated carbocycles. The molecule has 1 aliphatic heterocycles. The molecule has 2 heterocycles. The number of carbonyl (C=O) groups is 1.